The van der Waals surface area contributed by atoms with Crippen molar-refractivity contribution in [2.75, 3.05) is 19.4 Å². The van der Waals surface area contributed by atoms with Gasteiger partial charge >= 0.3 is 6.03 Å². The van der Waals surface area contributed by atoms with E-state index in [0.29, 0.717) is 0 Å². The molecule has 0 radical (unpaired) electrons. The topological polar surface area (TPSA) is 44.4 Å². The molecule has 0 fully saturated rings. The van der Waals surface area contributed by atoms with Crippen molar-refractivity contribution < 1.29 is 4.79 Å². The number of amides is 2. The van der Waals surface area contributed by atoms with Crippen LogP contribution in [-0.4, -0.2) is 25.1 Å². The SMILES string of the molecule is Cc1ccc(NC(=O)NN(C)C)cc1. The Morgan fingerprint density at radius 2 is 1.79 bits per heavy atom. The molecule has 4 heteroatoms. The average molecular weight is 193 g/mol. The van der Waals surface area contributed by atoms with Crippen LogP contribution in [0, 0.1) is 6.92 Å². The highest BCUT2D eigenvalue weighted by atomic mass is 16.2. The summed E-state index contributed by atoms with van der Waals surface area (Å²) < 4.78 is 0. The van der Waals surface area contributed by atoms with Gasteiger partial charge in [-0.1, -0.05) is 17.7 Å². The quantitative estimate of drug-likeness (QED) is 0.700. The molecule has 76 valence electrons. The minimum atomic E-state index is -0.237. The van der Waals surface area contributed by atoms with E-state index < -0.39 is 0 Å². The lowest BCUT2D eigenvalue weighted by molar-refractivity contribution is 0.224. The number of hydrogen-bond donors (Lipinski definition) is 2. The summed E-state index contributed by atoms with van der Waals surface area (Å²) in [5.74, 6) is 0. The van der Waals surface area contributed by atoms with Gasteiger partial charge in [-0.05, 0) is 19.1 Å². The second-order valence-electron chi connectivity index (χ2n) is 3.33. The Bertz CT molecular complexity index is 306. The Kier molecular flexibility index (Phi) is 3.48. The highest BCUT2D eigenvalue weighted by molar-refractivity contribution is 5.88. The van der Waals surface area contributed by atoms with Gasteiger partial charge in [-0.15, -0.1) is 0 Å². The Hall–Kier alpha value is -1.55. The second-order valence-corrected chi connectivity index (χ2v) is 3.33. The maximum atomic E-state index is 11.2. The van der Waals surface area contributed by atoms with E-state index in [4.69, 9.17) is 0 Å². The summed E-state index contributed by atoms with van der Waals surface area (Å²) in [5, 5.41) is 4.30. The third kappa shape index (κ3) is 3.45. The standard InChI is InChI=1S/C10H15N3O/c1-8-4-6-9(7-5-8)11-10(14)12-13(2)3/h4-7H,1-3H3,(H2,11,12,14). The first-order valence-electron chi connectivity index (χ1n) is 4.39. The summed E-state index contributed by atoms with van der Waals surface area (Å²) in [7, 11) is 3.52. The lowest BCUT2D eigenvalue weighted by Gasteiger charge is -2.12. The summed E-state index contributed by atoms with van der Waals surface area (Å²) in [6.07, 6.45) is 0. The molecular formula is C10H15N3O. The van der Waals surface area contributed by atoms with Crippen molar-refractivity contribution in [2.45, 2.75) is 6.92 Å². The highest BCUT2D eigenvalue weighted by Crippen LogP contribution is 2.07. The van der Waals surface area contributed by atoms with E-state index in [9.17, 15) is 4.79 Å². The molecular weight excluding hydrogens is 178 g/mol. The summed E-state index contributed by atoms with van der Waals surface area (Å²) in [5.41, 5.74) is 4.55. The van der Waals surface area contributed by atoms with Crippen LogP contribution in [0.15, 0.2) is 24.3 Å². The fourth-order valence-corrected chi connectivity index (χ4v) is 0.999. The minimum absolute atomic E-state index is 0.237. The maximum Gasteiger partial charge on any atom is 0.333 e. The summed E-state index contributed by atoms with van der Waals surface area (Å²) >= 11 is 0. The Morgan fingerprint density at radius 3 is 2.29 bits per heavy atom. The summed E-state index contributed by atoms with van der Waals surface area (Å²) in [4.78, 5) is 11.2. The lowest BCUT2D eigenvalue weighted by Crippen LogP contribution is -2.39. The zero-order valence-electron chi connectivity index (χ0n) is 8.66. The zero-order valence-corrected chi connectivity index (χ0v) is 8.66. The molecule has 0 aliphatic heterocycles. The van der Waals surface area contributed by atoms with E-state index in [1.807, 2.05) is 31.2 Å². The number of carbonyl (C=O) groups is 1. The van der Waals surface area contributed by atoms with Gasteiger partial charge in [0.05, 0.1) is 0 Å². The van der Waals surface area contributed by atoms with Gasteiger partial charge in [-0.3, -0.25) is 5.43 Å². The van der Waals surface area contributed by atoms with Crippen molar-refractivity contribution in [1.82, 2.24) is 10.4 Å². The molecule has 2 N–H and O–H groups in total. The summed E-state index contributed by atoms with van der Waals surface area (Å²) in [6, 6.07) is 7.39. The van der Waals surface area contributed by atoms with E-state index in [0.717, 1.165) is 5.69 Å². The first-order valence-corrected chi connectivity index (χ1v) is 4.39. The molecule has 0 heterocycles. The molecule has 0 aliphatic rings. The molecule has 1 aromatic carbocycles. The predicted molar refractivity (Wildman–Crippen MR) is 57.0 cm³/mol. The number of urea groups is 1. The molecule has 4 nitrogen and oxygen atoms in total. The van der Waals surface area contributed by atoms with E-state index in [-0.39, 0.29) is 6.03 Å². The van der Waals surface area contributed by atoms with Crippen molar-refractivity contribution in [3.05, 3.63) is 29.8 Å². The Labute approximate surface area is 83.9 Å². The van der Waals surface area contributed by atoms with Crippen LogP contribution in [-0.2, 0) is 0 Å². The minimum Gasteiger partial charge on any atom is -0.307 e. The molecule has 0 aliphatic carbocycles. The Morgan fingerprint density at radius 1 is 1.21 bits per heavy atom. The van der Waals surface area contributed by atoms with Crippen LogP contribution in [0.4, 0.5) is 10.5 Å². The third-order valence-corrected chi connectivity index (χ3v) is 1.63. The largest absolute Gasteiger partial charge is 0.333 e. The number of benzene rings is 1. The molecule has 1 aromatic rings. The molecule has 2 amide bonds. The van der Waals surface area contributed by atoms with Gasteiger partial charge in [0.2, 0.25) is 0 Å². The highest BCUT2D eigenvalue weighted by Gasteiger charge is 2.00. The number of nitrogens with one attached hydrogen (secondary N) is 2. The first kappa shape index (κ1) is 10.5. The predicted octanol–water partition coefficient (Wildman–Crippen LogP) is 1.59. The van der Waals surface area contributed by atoms with E-state index >= 15 is 0 Å². The Balaban J connectivity index is 2.52. The van der Waals surface area contributed by atoms with E-state index in [1.54, 1.807) is 19.1 Å². The zero-order chi connectivity index (χ0) is 10.6. The number of hydrogen-bond acceptors (Lipinski definition) is 2. The molecule has 1 rings (SSSR count). The van der Waals surface area contributed by atoms with Crippen molar-refractivity contribution >= 4 is 11.7 Å². The van der Waals surface area contributed by atoms with Crippen molar-refractivity contribution in [3.8, 4) is 0 Å². The second kappa shape index (κ2) is 4.62. The van der Waals surface area contributed by atoms with Gasteiger partial charge in [0, 0.05) is 19.8 Å². The third-order valence-electron chi connectivity index (χ3n) is 1.63. The van der Waals surface area contributed by atoms with Crippen LogP contribution in [0.3, 0.4) is 0 Å². The van der Waals surface area contributed by atoms with Crippen molar-refractivity contribution in [1.29, 1.82) is 0 Å². The lowest BCUT2D eigenvalue weighted by atomic mass is 10.2. The van der Waals surface area contributed by atoms with Gasteiger partial charge in [-0.25, -0.2) is 9.80 Å². The smallest absolute Gasteiger partial charge is 0.307 e. The molecule has 0 bridgehead atoms. The maximum absolute atomic E-state index is 11.2. The monoisotopic (exact) mass is 193 g/mol. The van der Waals surface area contributed by atoms with Crippen LogP contribution in [0.25, 0.3) is 0 Å². The van der Waals surface area contributed by atoms with Crippen molar-refractivity contribution in [3.63, 3.8) is 0 Å². The van der Waals surface area contributed by atoms with Gasteiger partial charge in [0.15, 0.2) is 0 Å². The molecule has 14 heavy (non-hydrogen) atoms. The normalized spacial score (nSPS) is 10.0. The molecule has 0 spiro atoms. The number of aryl methyl sites for hydroxylation is 1. The van der Waals surface area contributed by atoms with E-state index in [1.165, 1.54) is 5.56 Å². The first-order chi connectivity index (χ1) is 6.58. The van der Waals surface area contributed by atoms with Crippen LogP contribution < -0.4 is 10.7 Å². The number of carbonyl (C=O) groups excluding carboxylic acids is 1. The fourth-order valence-electron chi connectivity index (χ4n) is 0.999. The average Bonchev–Trinajstić information content (AvgIpc) is 2.07. The van der Waals surface area contributed by atoms with E-state index in [2.05, 4.69) is 10.7 Å². The van der Waals surface area contributed by atoms with Crippen molar-refractivity contribution in [2.24, 2.45) is 0 Å². The van der Waals surface area contributed by atoms with Crippen LogP contribution >= 0.6 is 0 Å². The van der Waals surface area contributed by atoms with Crippen LogP contribution in [0.2, 0.25) is 0 Å². The fraction of sp³-hybridized carbons (Fsp3) is 0.300. The number of anilines is 1. The number of nitrogens with zero attached hydrogens (tertiary/aromatic N) is 1. The van der Waals surface area contributed by atoms with Crippen LogP contribution in [0.5, 0.6) is 0 Å². The van der Waals surface area contributed by atoms with Gasteiger partial charge < -0.3 is 5.32 Å². The molecule has 0 unspecified atom stereocenters. The van der Waals surface area contributed by atoms with Gasteiger partial charge in [-0.2, -0.15) is 0 Å². The molecule has 0 atom stereocenters. The number of hydrazine groups is 1. The van der Waals surface area contributed by atoms with Gasteiger partial charge in [0.25, 0.3) is 0 Å². The van der Waals surface area contributed by atoms with Gasteiger partial charge in [0.1, 0.15) is 0 Å². The van der Waals surface area contributed by atoms with Crippen LogP contribution in [0.1, 0.15) is 5.56 Å². The molecule has 0 aromatic heterocycles. The summed E-state index contributed by atoms with van der Waals surface area (Å²) in [6.45, 7) is 2.00. The molecule has 0 saturated heterocycles. The molecule has 0 saturated carbocycles. The number of rotatable bonds is 2.